The van der Waals surface area contributed by atoms with Crippen molar-refractivity contribution in [3.8, 4) is 5.75 Å². The number of pyridine rings is 1. The zero-order valence-corrected chi connectivity index (χ0v) is 10.8. The highest BCUT2D eigenvalue weighted by atomic mass is 16.5. The molecule has 0 saturated heterocycles. The zero-order valence-electron chi connectivity index (χ0n) is 10.8. The van der Waals surface area contributed by atoms with Crippen LogP contribution in [0.2, 0.25) is 0 Å². The van der Waals surface area contributed by atoms with Crippen LogP contribution in [-0.2, 0) is 13.0 Å². The first kappa shape index (κ1) is 13.1. The number of hydrogen-bond donors (Lipinski definition) is 1. The lowest BCUT2D eigenvalue weighted by Gasteiger charge is -2.06. The van der Waals surface area contributed by atoms with E-state index < -0.39 is 0 Å². The maximum absolute atomic E-state index is 8.62. The summed E-state index contributed by atoms with van der Waals surface area (Å²) < 4.78 is 5.64. The standard InChI is InChI=1S/C15H16N2O2/c1-12(17-18)10-13-5-7-15(8-6-13)19-11-14-4-2-3-9-16-14/h2-9,18H,10-11H2,1H3/b17-12-. The quantitative estimate of drug-likeness (QED) is 0.508. The largest absolute Gasteiger partial charge is 0.487 e. The summed E-state index contributed by atoms with van der Waals surface area (Å²) in [5.74, 6) is 0.799. The lowest BCUT2D eigenvalue weighted by molar-refractivity contribution is 0.301. The Morgan fingerprint density at radius 3 is 2.63 bits per heavy atom. The topological polar surface area (TPSA) is 54.7 Å². The molecule has 1 aromatic carbocycles. The molecule has 4 nitrogen and oxygen atoms in total. The number of rotatable bonds is 5. The van der Waals surface area contributed by atoms with Gasteiger partial charge in [-0.1, -0.05) is 23.4 Å². The normalized spacial score (nSPS) is 11.3. The molecule has 98 valence electrons. The summed E-state index contributed by atoms with van der Waals surface area (Å²) in [4.78, 5) is 4.19. The predicted octanol–water partition coefficient (Wildman–Crippen LogP) is 3.05. The van der Waals surface area contributed by atoms with Crippen molar-refractivity contribution >= 4 is 5.71 Å². The molecule has 1 aromatic heterocycles. The smallest absolute Gasteiger partial charge is 0.130 e. The average molecular weight is 256 g/mol. The second-order valence-electron chi connectivity index (χ2n) is 4.27. The van der Waals surface area contributed by atoms with Crippen molar-refractivity contribution in [2.45, 2.75) is 20.0 Å². The number of ether oxygens (including phenoxy) is 1. The fourth-order valence-corrected chi connectivity index (χ4v) is 1.68. The Balaban J connectivity index is 1.92. The lowest BCUT2D eigenvalue weighted by Crippen LogP contribution is -1.99. The van der Waals surface area contributed by atoms with E-state index in [1.165, 1.54) is 0 Å². The molecule has 0 aliphatic carbocycles. The third kappa shape index (κ3) is 4.10. The molecule has 0 fully saturated rings. The molecule has 0 aliphatic rings. The van der Waals surface area contributed by atoms with E-state index in [4.69, 9.17) is 9.94 Å². The summed E-state index contributed by atoms with van der Waals surface area (Å²) in [5, 5.41) is 11.8. The Labute approximate surface area is 112 Å². The van der Waals surface area contributed by atoms with Crippen LogP contribution in [0.5, 0.6) is 5.75 Å². The molecule has 4 heteroatoms. The van der Waals surface area contributed by atoms with Gasteiger partial charge < -0.3 is 9.94 Å². The first-order chi connectivity index (χ1) is 9.28. The van der Waals surface area contributed by atoms with Crippen LogP contribution in [0.4, 0.5) is 0 Å². The van der Waals surface area contributed by atoms with Crippen LogP contribution >= 0.6 is 0 Å². The Kier molecular flexibility index (Phi) is 4.50. The molecule has 19 heavy (non-hydrogen) atoms. The van der Waals surface area contributed by atoms with Crippen LogP contribution in [0.15, 0.2) is 53.8 Å². The van der Waals surface area contributed by atoms with Gasteiger partial charge >= 0.3 is 0 Å². The van der Waals surface area contributed by atoms with Crippen LogP contribution in [0, 0.1) is 0 Å². The maximum atomic E-state index is 8.62. The molecule has 0 saturated carbocycles. The monoisotopic (exact) mass is 256 g/mol. The zero-order chi connectivity index (χ0) is 13.5. The van der Waals surface area contributed by atoms with Gasteiger partial charge in [-0.3, -0.25) is 4.98 Å². The molecule has 0 amide bonds. The first-order valence-corrected chi connectivity index (χ1v) is 6.07. The number of nitrogens with zero attached hydrogens (tertiary/aromatic N) is 2. The van der Waals surface area contributed by atoms with Crippen molar-refractivity contribution in [1.29, 1.82) is 0 Å². The van der Waals surface area contributed by atoms with Crippen LogP contribution < -0.4 is 4.74 Å². The highest BCUT2D eigenvalue weighted by Gasteiger charge is 1.99. The Morgan fingerprint density at radius 2 is 2.00 bits per heavy atom. The minimum absolute atomic E-state index is 0.456. The van der Waals surface area contributed by atoms with Gasteiger partial charge in [0.05, 0.1) is 11.4 Å². The molecule has 0 bridgehead atoms. The van der Waals surface area contributed by atoms with Gasteiger partial charge in [0.15, 0.2) is 0 Å². The van der Waals surface area contributed by atoms with E-state index in [9.17, 15) is 0 Å². The van der Waals surface area contributed by atoms with Crippen LogP contribution in [0.1, 0.15) is 18.2 Å². The van der Waals surface area contributed by atoms with E-state index in [2.05, 4.69) is 10.1 Å². The highest BCUT2D eigenvalue weighted by molar-refractivity contribution is 5.83. The van der Waals surface area contributed by atoms with Crippen LogP contribution in [-0.4, -0.2) is 15.9 Å². The molecule has 0 radical (unpaired) electrons. The second kappa shape index (κ2) is 6.54. The van der Waals surface area contributed by atoms with Crippen molar-refractivity contribution in [3.63, 3.8) is 0 Å². The van der Waals surface area contributed by atoms with Crippen LogP contribution in [0.3, 0.4) is 0 Å². The minimum Gasteiger partial charge on any atom is -0.487 e. The minimum atomic E-state index is 0.456. The summed E-state index contributed by atoms with van der Waals surface area (Å²) in [5.41, 5.74) is 2.66. The van der Waals surface area contributed by atoms with E-state index in [0.717, 1.165) is 17.0 Å². The molecular formula is C15H16N2O2. The Hall–Kier alpha value is -2.36. The average Bonchev–Trinajstić information content (AvgIpc) is 2.47. The van der Waals surface area contributed by atoms with E-state index >= 15 is 0 Å². The number of hydrogen-bond acceptors (Lipinski definition) is 4. The molecule has 1 heterocycles. The molecule has 0 atom stereocenters. The summed E-state index contributed by atoms with van der Waals surface area (Å²) in [7, 11) is 0. The third-order valence-corrected chi connectivity index (χ3v) is 2.67. The van der Waals surface area contributed by atoms with Gasteiger partial charge in [-0.15, -0.1) is 0 Å². The number of oxime groups is 1. The maximum Gasteiger partial charge on any atom is 0.130 e. The van der Waals surface area contributed by atoms with Crippen molar-refractivity contribution in [2.75, 3.05) is 0 Å². The molecule has 0 aliphatic heterocycles. The van der Waals surface area contributed by atoms with E-state index in [0.29, 0.717) is 18.7 Å². The van der Waals surface area contributed by atoms with Gasteiger partial charge in [-0.25, -0.2) is 0 Å². The van der Waals surface area contributed by atoms with Gasteiger partial charge in [0.25, 0.3) is 0 Å². The van der Waals surface area contributed by atoms with E-state index in [-0.39, 0.29) is 0 Å². The Bertz CT molecular complexity index is 536. The fraction of sp³-hybridized carbons (Fsp3) is 0.200. The summed E-state index contributed by atoms with van der Waals surface area (Å²) in [6.07, 6.45) is 2.38. The second-order valence-corrected chi connectivity index (χ2v) is 4.27. The van der Waals surface area contributed by atoms with Gasteiger partial charge in [0.1, 0.15) is 12.4 Å². The van der Waals surface area contributed by atoms with E-state index in [1.807, 2.05) is 42.5 Å². The van der Waals surface area contributed by atoms with Crippen molar-refractivity contribution in [1.82, 2.24) is 4.98 Å². The predicted molar refractivity (Wildman–Crippen MR) is 73.6 cm³/mol. The number of benzene rings is 1. The number of aromatic nitrogens is 1. The molecule has 1 N–H and O–H groups in total. The third-order valence-electron chi connectivity index (χ3n) is 2.67. The van der Waals surface area contributed by atoms with Gasteiger partial charge in [-0.05, 0) is 36.8 Å². The van der Waals surface area contributed by atoms with Crippen molar-refractivity contribution in [2.24, 2.45) is 5.16 Å². The van der Waals surface area contributed by atoms with Crippen molar-refractivity contribution in [3.05, 3.63) is 59.9 Å². The Morgan fingerprint density at radius 1 is 1.21 bits per heavy atom. The fourth-order valence-electron chi connectivity index (χ4n) is 1.68. The van der Waals surface area contributed by atoms with Gasteiger partial charge in [0, 0.05) is 12.6 Å². The summed E-state index contributed by atoms with van der Waals surface area (Å²) >= 11 is 0. The van der Waals surface area contributed by atoms with Crippen molar-refractivity contribution < 1.29 is 9.94 Å². The summed E-state index contributed by atoms with van der Waals surface area (Å²) in [6, 6.07) is 13.5. The van der Waals surface area contributed by atoms with Gasteiger partial charge in [-0.2, -0.15) is 0 Å². The molecular weight excluding hydrogens is 240 g/mol. The van der Waals surface area contributed by atoms with Crippen LogP contribution in [0.25, 0.3) is 0 Å². The molecule has 2 aromatic rings. The van der Waals surface area contributed by atoms with Gasteiger partial charge in [0.2, 0.25) is 0 Å². The SMILES string of the molecule is C/C(Cc1ccc(OCc2ccccn2)cc1)=N/O. The van der Waals surface area contributed by atoms with E-state index in [1.54, 1.807) is 13.1 Å². The summed E-state index contributed by atoms with van der Waals surface area (Å²) in [6.45, 7) is 2.24. The molecule has 0 unspecified atom stereocenters. The lowest BCUT2D eigenvalue weighted by atomic mass is 10.1. The highest BCUT2D eigenvalue weighted by Crippen LogP contribution is 2.14. The molecule has 2 rings (SSSR count). The first-order valence-electron chi connectivity index (χ1n) is 6.07. The molecule has 0 spiro atoms.